The van der Waals surface area contributed by atoms with E-state index in [-0.39, 0.29) is 5.41 Å². The predicted molar refractivity (Wildman–Crippen MR) is 312 cm³/mol. The van der Waals surface area contributed by atoms with Gasteiger partial charge in [0.1, 0.15) is 28.5 Å². The summed E-state index contributed by atoms with van der Waals surface area (Å²) in [5.74, 6) is 2.24. The number of benzene rings is 10. The summed E-state index contributed by atoms with van der Waals surface area (Å²) in [6, 6.07) is 85.1. The van der Waals surface area contributed by atoms with E-state index in [0.29, 0.717) is 11.5 Å². The Balaban J connectivity index is 0.863. The number of rotatable bonds is 11. The minimum absolute atomic E-state index is 0.0650. The van der Waals surface area contributed by atoms with Gasteiger partial charge in [-0.3, -0.25) is 4.57 Å². The number of anilines is 4. The summed E-state index contributed by atoms with van der Waals surface area (Å²) >= 11 is 0. The van der Waals surface area contributed by atoms with Crippen LogP contribution in [0.3, 0.4) is 0 Å². The van der Waals surface area contributed by atoms with Crippen molar-refractivity contribution in [3.8, 4) is 61.8 Å². The maximum absolute atomic E-state index is 6.79. The third kappa shape index (κ3) is 8.62. The molecule has 0 aliphatic heterocycles. The van der Waals surface area contributed by atoms with E-state index < -0.39 is 0 Å². The number of nitrogens with one attached hydrogen (secondary N) is 2. The summed E-state index contributed by atoms with van der Waals surface area (Å²) in [5, 5.41) is 12.0. The van der Waals surface area contributed by atoms with Crippen molar-refractivity contribution in [2.24, 2.45) is 0 Å². The van der Waals surface area contributed by atoms with Crippen LogP contribution in [0.25, 0.3) is 94.1 Å². The number of fused-ring (bicyclic) bond motifs is 7. The van der Waals surface area contributed by atoms with Crippen LogP contribution in [0.15, 0.2) is 253 Å². The van der Waals surface area contributed by atoms with Crippen LogP contribution >= 0.6 is 0 Å². The van der Waals surface area contributed by atoms with Crippen molar-refractivity contribution in [2.75, 3.05) is 10.6 Å². The molecule has 0 aliphatic carbocycles. The smallest absolute Gasteiger partial charge is 0.145 e. The molecule has 2 N–H and O–H groups in total. The van der Waals surface area contributed by atoms with Crippen LogP contribution in [0, 0.1) is 0 Å². The Morgan fingerprint density at radius 3 is 1.73 bits per heavy atom. The largest absolute Gasteiger partial charge is 0.457 e. The third-order valence-corrected chi connectivity index (χ3v) is 14.2. The van der Waals surface area contributed by atoms with Crippen LogP contribution in [0.2, 0.25) is 0 Å². The first kappa shape index (κ1) is 45.2. The second kappa shape index (κ2) is 18.8. The van der Waals surface area contributed by atoms with Crippen molar-refractivity contribution in [1.29, 1.82) is 0 Å². The quantitative estimate of drug-likeness (QED) is 0.135. The molecule has 0 bridgehead atoms. The van der Waals surface area contributed by atoms with Gasteiger partial charge in [-0.1, -0.05) is 172 Å². The summed E-state index contributed by atoms with van der Waals surface area (Å²) in [5.41, 5.74) is 17.7. The van der Waals surface area contributed by atoms with E-state index >= 15 is 0 Å². The molecule has 0 saturated carbocycles. The maximum Gasteiger partial charge on any atom is 0.145 e. The number of ether oxygens (including phenoxy) is 1. The Morgan fingerprint density at radius 1 is 0.440 bits per heavy atom. The molecule has 0 unspecified atom stereocenters. The van der Waals surface area contributed by atoms with E-state index in [1.54, 1.807) is 0 Å². The van der Waals surface area contributed by atoms with E-state index in [0.717, 1.165) is 106 Å². The lowest BCUT2D eigenvalue weighted by Gasteiger charge is -2.21. The summed E-state index contributed by atoms with van der Waals surface area (Å²) in [6.07, 6.45) is 1.91. The molecule has 13 rings (SSSR count). The van der Waals surface area contributed by atoms with Gasteiger partial charge < -0.3 is 19.8 Å². The van der Waals surface area contributed by atoms with Crippen molar-refractivity contribution in [3.05, 3.63) is 254 Å². The van der Waals surface area contributed by atoms with Crippen LogP contribution < -0.4 is 15.4 Å². The van der Waals surface area contributed by atoms with Gasteiger partial charge in [0.25, 0.3) is 0 Å². The molecule has 0 aliphatic rings. The second-order valence-electron chi connectivity index (χ2n) is 20.1. The predicted octanol–water partition coefficient (Wildman–Crippen LogP) is 19.3. The molecule has 0 spiro atoms. The van der Waals surface area contributed by atoms with Gasteiger partial charge in [-0.15, -0.1) is 0 Å². The van der Waals surface area contributed by atoms with E-state index in [2.05, 4.69) is 242 Å². The highest BCUT2D eigenvalue weighted by Gasteiger charge is 2.22. The molecule has 0 saturated heterocycles. The Hall–Kier alpha value is -9.65. The van der Waals surface area contributed by atoms with E-state index in [4.69, 9.17) is 14.1 Å². The van der Waals surface area contributed by atoms with Gasteiger partial charge >= 0.3 is 0 Å². The van der Waals surface area contributed by atoms with Crippen LogP contribution in [-0.2, 0) is 5.41 Å². The van der Waals surface area contributed by atoms with E-state index in [1.165, 1.54) is 16.7 Å². The Labute approximate surface area is 436 Å². The summed E-state index contributed by atoms with van der Waals surface area (Å²) in [4.78, 5) is 4.97. The van der Waals surface area contributed by atoms with Crippen LogP contribution in [0.4, 0.5) is 22.7 Å². The highest BCUT2D eigenvalue weighted by molar-refractivity contribution is 6.24. The lowest BCUT2D eigenvalue weighted by molar-refractivity contribution is 0.483. The van der Waals surface area contributed by atoms with Gasteiger partial charge in [0.05, 0.1) is 33.5 Å². The number of aromatic nitrogens is 2. The standard InChI is InChI=1S/C69H52N4O2/c1-69(2,3)51-38-39-70-65(42-51)73-62-37-36-58-57-28-10-13-33-64(57)75-68(58)66(62)59-35-34-54(44-63(59)73)74-53-27-16-26-52(43-53)71-60-31-11-12-32-61(60)72-67-55(49-24-14-22-47(40-49)45-18-6-4-7-19-45)29-17-30-56(67)50-25-15-23-48(41-50)46-20-8-5-9-21-46/h4-44,71-72H,1-3H3. The SMILES string of the molecule is CC(C)(C)c1ccnc(-n2c3cc(Oc4cccc(Nc5ccccc5Nc5c(-c6cccc(-c7ccccc7)c6)cccc5-c5cccc(-c6ccccc6)c5)c4)ccc3c3c4oc5ccccc5c4ccc32)c1. The first-order valence-electron chi connectivity index (χ1n) is 25.5. The molecule has 75 heavy (non-hydrogen) atoms. The highest BCUT2D eigenvalue weighted by atomic mass is 16.5. The van der Waals surface area contributed by atoms with Crippen LogP contribution in [-0.4, -0.2) is 9.55 Å². The van der Waals surface area contributed by atoms with Crippen LogP contribution in [0.1, 0.15) is 26.3 Å². The molecule has 360 valence electrons. The summed E-state index contributed by atoms with van der Waals surface area (Å²) < 4.78 is 15.7. The number of hydrogen-bond donors (Lipinski definition) is 2. The van der Waals surface area contributed by atoms with Crippen molar-refractivity contribution in [1.82, 2.24) is 9.55 Å². The number of nitrogens with zero attached hydrogens (tertiary/aromatic N) is 2. The van der Waals surface area contributed by atoms with Crippen molar-refractivity contribution in [2.45, 2.75) is 26.2 Å². The van der Waals surface area contributed by atoms with Crippen molar-refractivity contribution >= 4 is 66.5 Å². The first-order valence-corrected chi connectivity index (χ1v) is 25.5. The number of para-hydroxylation sites is 4. The third-order valence-electron chi connectivity index (χ3n) is 14.2. The van der Waals surface area contributed by atoms with Gasteiger partial charge in [0.15, 0.2) is 0 Å². The normalized spacial score (nSPS) is 11.7. The molecule has 10 aromatic carbocycles. The molecule has 3 heterocycles. The van der Waals surface area contributed by atoms with Gasteiger partial charge in [-0.25, -0.2) is 4.98 Å². The fourth-order valence-corrected chi connectivity index (χ4v) is 10.5. The average Bonchev–Trinajstić information content (AvgIpc) is 4.00. The van der Waals surface area contributed by atoms with E-state index in [9.17, 15) is 0 Å². The molecule has 6 nitrogen and oxygen atoms in total. The average molecular weight is 969 g/mol. The molecule has 0 radical (unpaired) electrons. The highest BCUT2D eigenvalue weighted by Crippen LogP contribution is 2.45. The lowest BCUT2D eigenvalue weighted by atomic mass is 9.88. The summed E-state index contributed by atoms with van der Waals surface area (Å²) in [6.45, 7) is 6.69. The molecule has 0 fully saturated rings. The first-order chi connectivity index (χ1) is 36.8. The van der Waals surface area contributed by atoms with Crippen molar-refractivity contribution in [3.63, 3.8) is 0 Å². The number of furan rings is 1. The zero-order chi connectivity index (χ0) is 50.5. The van der Waals surface area contributed by atoms with Crippen molar-refractivity contribution < 1.29 is 9.15 Å². The van der Waals surface area contributed by atoms with Gasteiger partial charge in [0, 0.05) is 51.3 Å². The maximum atomic E-state index is 6.79. The Bertz CT molecular complexity index is 4160. The zero-order valence-electron chi connectivity index (χ0n) is 41.9. The number of hydrogen-bond acceptors (Lipinski definition) is 5. The zero-order valence-corrected chi connectivity index (χ0v) is 41.9. The Kier molecular flexibility index (Phi) is 11.3. The molecule has 3 aromatic heterocycles. The fourth-order valence-electron chi connectivity index (χ4n) is 10.5. The fraction of sp³-hybridized carbons (Fsp3) is 0.0580. The monoisotopic (exact) mass is 968 g/mol. The molecule has 6 heteroatoms. The molecule has 0 amide bonds. The summed E-state index contributed by atoms with van der Waals surface area (Å²) in [7, 11) is 0. The lowest BCUT2D eigenvalue weighted by Crippen LogP contribution is -2.12. The molecular formula is C69H52N4O2. The van der Waals surface area contributed by atoms with Crippen LogP contribution in [0.5, 0.6) is 11.5 Å². The van der Waals surface area contributed by atoms with Gasteiger partial charge in [-0.05, 0) is 123 Å². The topological polar surface area (TPSA) is 64.2 Å². The second-order valence-corrected chi connectivity index (χ2v) is 20.1. The minimum atomic E-state index is -0.0650. The number of pyridine rings is 1. The van der Waals surface area contributed by atoms with E-state index in [1.807, 2.05) is 42.6 Å². The minimum Gasteiger partial charge on any atom is -0.457 e. The molecule has 13 aromatic rings. The molecular weight excluding hydrogens is 917 g/mol. The molecule has 0 atom stereocenters. The Morgan fingerprint density at radius 2 is 1.03 bits per heavy atom. The van der Waals surface area contributed by atoms with Gasteiger partial charge in [-0.2, -0.15) is 0 Å². The van der Waals surface area contributed by atoms with Gasteiger partial charge in [0.2, 0.25) is 0 Å².